The first-order valence-corrected chi connectivity index (χ1v) is 9.65. The number of nitrogens with two attached hydrogens (primary N) is 1. The molecule has 1 saturated carbocycles. The highest BCUT2D eigenvalue weighted by atomic mass is 16.2. The van der Waals surface area contributed by atoms with E-state index >= 15 is 0 Å². The lowest BCUT2D eigenvalue weighted by atomic mass is 9.75. The van der Waals surface area contributed by atoms with Crippen LogP contribution in [0.4, 0.5) is 0 Å². The van der Waals surface area contributed by atoms with Crippen LogP contribution in [0.25, 0.3) is 0 Å². The van der Waals surface area contributed by atoms with E-state index in [2.05, 4.69) is 30.6 Å². The molecule has 25 heavy (non-hydrogen) atoms. The first-order chi connectivity index (χ1) is 11.6. The second-order valence-electron chi connectivity index (χ2n) is 7.91. The van der Waals surface area contributed by atoms with Crippen molar-refractivity contribution in [2.75, 3.05) is 0 Å². The fourth-order valence-electron chi connectivity index (χ4n) is 3.49. The Morgan fingerprint density at radius 1 is 1.04 bits per heavy atom. The lowest BCUT2D eigenvalue weighted by Crippen LogP contribution is -2.62. The van der Waals surface area contributed by atoms with Crippen LogP contribution in [-0.2, 0) is 9.59 Å². The van der Waals surface area contributed by atoms with Gasteiger partial charge in [-0.3, -0.25) is 14.9 Å². The molecular weight excluding hydrogens is 314 g/mol. The number of nitrogens with one attached hydrogen (secondary N) is 2. The third-order valence-electron chi connectivity index (χ3n) is 5.58. The molecule has 0 aliphatic heterocycles. The zero-order valence-electron chi connectivity index (χ0n) is 16.8. The zero-order chi connectivity index (χ0) is 19.2. The van der Waals surface area contributed by atoms with Crippen molar-refractivity contribution in [3.05, 3.63) is 11.6 Å². The van der Waals surface area contributed by atoms with E-state index in [1.54, 1.807) is 6.92 Å². The van der Waals surface area contributed by atoms with Crippen LogP contribution in [0.15, 0.2) is 11.6 Å². The van der Waals surface area contributed by atoms with Gasteiger partial charge >= 0.3 is 0 Å². The minimum absolute atomic E-state index is 0.0430. The van der Waals surface area contributed by atoms with Crippen LogP contribution in [0.3, 0.4) is 0 Å². The van der Waals surface area contributed by atoms with Crippen molar-refractivity contribution in [1.82, 2.24) is 10.6 Å². The molecule has 0 aromatic rings. The van der Waals surface area contributed by atoms with E-state index in [1.165, 1.54) is 5.57 Å². The van der Waals surface area contributed by atoms with E-state index in [1.807, 2.05) is 20.8 Å². The van der Waals surface area contributed by atoms with Gasteiger partial charge in [0.2, 0.25) is 5.91 Å². The number of amides is 1. The Morgan fingerprint density at radius 3 is 2.08 bits per heavy atom. The summed E-state index contributed by atoms with van der Waals surface area (Å²) in [5.74, 6) is -0.131. The maximum atomic E-state index is 13.3. The smallest absolute Gasteiger partial charge is 0.237 e. The molecular formula is C20H37N3O2. The number of ketones is 1. The lowest BCUT2D eigenvalue weighted by molar-refractivity contribution is -0.133. The third kappa shape index (κ3) is 5.65. The predicted molar refractivity (Wildman–Crippen MR) is 103 cm³/mol. The molecule has 0 radical (unpaired) electrons. The van der Waals surface area contributed by atoms with Crippen LogP contribution in [-0.4, -0.2) is 35.4 Å². The van der Waals surface area contributed by atoms with Gasteiger partial charge in [-0.05, 0) is 46.5 Å². The number of carbonyl (C=O) groups is 2. The highest BCUT2D eigenvalue weighted by molar-refractivity contribution is 5.96. The average Bonchev–Trinajstić information content (AvgIpc) is 2.59. The highest BCUT2D eigenvalue weighted by Gasteiger charge is 2.42. The summed E-state index contributed by atoms with van der Waals surface area (Å²) >= 11 is 0. The van der Waals surface area contributed by atoms with E-state index in [-0.39, 0.29) is 23.7 Å². The number of carbonyl (C=O) groups excluding carboxylic acids is 2. The topological polar surface area (TPSA) is 84.2 Å². The van der Waals surface area contributed by atoms with Crippen molar-refractivity contribution in [3.8, 4) is 0 Å². The summed E-state index contributed by atoms with van der Waals surface area (Å²) in [7, 11) is 0. The molecule has 0 aromatic carbocycles. The zero-order valence-corrected chi connectivity index (χ0v) is 16.8. The fraction of sp³-hybridized carbons (Fsp3) is 0.800. The van der Waals surface area contributed by atoms with Gasteiger partial charge < -0.3 is 11.1 Å². The van der Waals surface area contributed by atoms with Crippen molar-refractivity contribution in [2.45, 2.75) is 97.3 Å². The van der Waals surface area contributed by atoms with Crippen LogP contribution < -0.4 is 16.4 Å². The number of allylic oxidation sites excluding steroid dienone is 1. The van der Waals surface area contributed by atoms with E-state index < -0.39 is 17.6 Å². The van der Waals surface area contributed by atoms with Gasteiger partial charge in [0.25, 0.3) is 0 Å². The summed E-state index contributed by atoms with van der Waals surface area (Å²) in [4.78, 5) is 25.5. The van der Waals surface area contributed by atoms with Crippen LogP contribution >= 0.6 is 0 Å². The molecule has 0 unspecified atom stereocenters. The van der Waals surface area contributed by atoms with Crippen molar-refractivity contribution in [3.63, 3.8) is 0 Å². The quantitative estimate of drug-likeness (QED) is 0.587. The molecule has 0 spiro atoms. The highest BCUT2D eigenvalue weighted by Crippen LogP contribution is 2.31. The SMILES string of the molecule is CC=C(C)[C@H](C)NC1(C(=O)[C@H](C)NC(=O)[C@@H](N)C(C)C)CCCCC1. The van der Waals surface area contributed by atoms with Crippen molar-refractivity contribution < 1.29 is 9.59 Å². The molecule has 1 amide bonds. The maximum absolute atomic E-state index is 13.3. The van der Waals surface area contributed by atoms with E-state index in [4.69, 9.17) is 5.73 Å². The number of rotatable bonds is 8. The van der Waals surface area contributed by atoms with Crippen LogP contribution in [0, 0.1) is 5.92 Å². The Balaban J connectivity index is 2.91. The summed E-state index contributed by atoms with van der Waals surface area (Å²) in [5.41, 5.74) is 6.57. The van der Waals surface area contributed by atoms with Crippen molar-refractivity contribution >= 4 is 11.7 Å². The lowest BCUT2D eigenvalue weighted by Gasteiger charge is -2.41. The molecule has 1 aliphatic carbocycles. The molecule has 1 rings (SSSR count). The van der Waals surface area contributed by atoms with Gasteiger partial charge in [0.05, 0.1) is 17.6 Å². The van der Waals surface area contributed by atoms with Gasteiger partial charge in [-0.15, -0.1) is 0 Å². The Kier molecular flexibility index (Phi) is 8.29. The van der Waals surface area contributed by atoms with E-state index in [9.17, 15) is 9.59 Å². The van der Waals surface area contributed by atoms with Crippen molar-refractivity contribution in [1.29, 1.82) is 0 Å². The van der Waals surface area contributed by atoms with E-state index in [0.29, 0.717) is 0 Å². The largest absolute Gasteiger partial charge is 0.345 e. The van der Waals surface area contributed by atoms with Gasteiger partial charge in [0.1, 0.15) is 0 Å². The third-order valence-corrected chi connectivity index (χ3v) is 5.58. The van der Waals surface area contributed by atoms with Gasteiger partial charge in [0.15, 0.2) is 5.78 Å². The second-order valence-corrected chi connectivity index (χ2v) is 7.91. The predicted octanol–water partition coefficient (Wildman–Crippen LogP) is 2.69. The molecule has 5 nitrogen and oxygen atoms in total. The van der Waals surface area contributed by atoms with Gasteiger partial charge in [-0.25, -0.2) is 0 Å². The fourth-order valence-corrected chi connectivity index (χ4v) is 3.49. The van der Waals surface area contributed by atoms with Crippen molar-refractivity contribution in [2.24, 2.45) is 11.7 Å². The van der Waals surface area contributed by atoms with Gasteiger partial charge in [-0.1, -0.05) is 44.8 Å². The first kappa shape index (κ1) is 21.8. The summed E-state index contributed by atoms with van der Waals surface area (Å²) < 4.78 is 0. The van der Waals surface area contributed by atoms with Crippen LogP contribution in [0.5, 0.6) is 0 Å². The molecule has 0 saturated heterocycles. The molecule has 4 N–H and O–H groups in total. The first-order valence-electron chi connectivity index (χ1n) is 9.65. The van der Waals surface area contributed by atoms with Gasteiger partial charge in [-0.2, -0.15) is 0 Å². The molecule has 0 bridgehead atoms. The molecule has 1 fully saturated rings. The number of hydrogen-bond acceptors (Lipinski definition) is 4. The van der Waals surface area contributed by atoms with E-state index in [0.717, 1.165) is 32.1 Å². The molecule has 3 atom stereocenters. The Morgan fingerprint density at radius 2 is 1.60 bits per heavy atom. The number of hydrogen-bond donors (Lipinski definition) is 3. The van der Waals surface area contributed by atoms with Gasteiger partial charge in [0, 0.05) is 6.04 Å². The minimum atomic E-state index is -0.588. The molecule has 5 heteroatoms. The second kappa shape index (κ2) is 9.48. The minimum Gasteiger partial charge on any atom is -0.345 e. The molecule has 0 aromatic heterocycles. The standard InChI is InChI=1S/C20H37N3O2/c1-7-14(4)15(5)23-20(11-9-8-10-12-20)18(24)16(6)22-19(25)17(21)13(2)3/h7,13,15-17,23H,8-12,21H2,1-6H3,(H,22,25)/t15-,16-,17-/m0/s1. The average molecular weight is 352 g/mol. The monoisotopic (exact) mass is 351 g/mol. The van der Waals surface area contributed by atoms with Crippen LogP contribution in [0.2, 0.25) is 0 Å². The Bertz CT molecular complexity index is 493. The molecule has 144 valence electrons. The normalized spacial score (nSPS) is 21.5. The number of Topliss-reactive ketones (excluding diaryl/α,β-unsaturated/α-hetero) is 1. The summed E-state index contributed by atoms with van der Waals surface area (Å²) in [6.07, 6.45) is 6.95. The Hall–Kier alpha value is -1.20. The maximum Gasteiger partial charge on any atom is 0.237 e. The molecule has 0 heterocycles. The summed E-state index contributed by atoms with van der Waals surface area (Å²) in [5, 5.41) is 6.42. The summed E-state index contributed by atoms with van der Waals surface area (Å²) in [6, 6.07) is -0.997. The Labute approximate surface area is 153 Å². The molecule has 1 aliphatic rings. The summed E-state index contributed by atoms with van der Waals surface area (Å²) in [6.45, 7) is 11.8. The van der Waals surface area contributed by atoms with Crippen LogP contribution in [0.1, 0.15) is 73.6 Å².